The number of nitrogens with zero attached hydrogens (tertiary/aromatic N) is 6. The summed E-state index contributed by atoms with van der Waals surface area (Å²) in [4.78, 5) is 72.8. The summed E-state index contributed by atoms with van der Waals surface area (Å²) >= 11 is 0. The van der Waals surface area contributed by atoms with Gasteiger partial charge in [0.15, 0.2) is 0 Å². The van der Waals surface area contributed by atoms with Crippen molar-refractivity contribution in [2.45, 2.75) is 137 Å². The largest absolute Gasteiger partial charge is 0.464 e. The normalized spacial score (nSPS) is 20.8. The number of ether oxygens (including phenoxy) is 1. The van der Waals surface area contributed by atoms with Gasteiger partial charge in [-0.05, 0) is 122 Å². The van der Waals surface area contributed by atoms with Crippen LogP contribution >= 0.6 is 0 Å². The summed E-state index contributed by atoms with van der Waals surface area (Å²) in [6.07, 6.45) is 4.81. The molecule has 0 unspecified atom stereocenters. The van der Waals surface area contributed by atoms with Crippen molar-refractivity contribution < 1.29 is 23.9 Å². The van der Waals surface area contributed by atoms with E-state index in [0.717, 1.165) is 67.9 Å². The lowest BCUT2D eigenvalue weighted by Crippen LogP contribution is -2.62. The molecule has 1 saturated carbocycles. The summed E-state index contributed by atoms with van der Waals surface area (Å²) in [5, 5.41) is 5.70. The molecule has 0 radical (unpaired) electrons. The molecule has 5 aromatic rings. The predicted octanol–water partition coefficient (Wildman–Crippen LogP) is 9.55. The second kappa shape index (κ2) is 20.9. The average Bonchev–Trinajstić information content (AvgIpc) is 3.62. The quantitative estimate of drug-likeness (QED) is 0.105. The van der Waals surface area contributed by atoms with E-state index in [1.807, 2.05) is 70.3 Å². The van der Waals surface area contributed by atoms with Crippen molar-refractivity contribution in [3.05, 3.63) is 107 Å². The Morgan fingerprint density at radius 3 is 2.43 bits per heavy atom. The standard InChI is InChI=1S/C57H70N8O5/c1-11-64-48-23-22-40-30-44(48)45(52(64)43-20-14-24-58-49(43)34(2)3)31-57(8,9)32-70-56(69)46-21-15-25-65(62-46)55(68)47(27-38-18-13-19-39(40)26-38)61-53(66)51(35(4)5)63(10)54(67)41-28-42(29-41)59-33-60-50-36(6)16-12-17-37(50)7/h12-14,16-20,22-24,26,30,34-35,41-42,46-47,51,62H,11,15,21,25,27-29,31-32H2,1-10H3,(H,61,66)/t41?,42?,46-,47-,51-/m0/s1. The van der Waals surface area contributed by atoms with E-state index in [0.29, 0.717) is 38.6 Å². The Balaban J connectivity index is 1.11. The fourth-order valence-electron chi connectivity index (χ4n) is 10.7. The zero-order chi connectivity index (χ0) is 50.0. The van der Waals surface area contributed by atoms with Crippen molar-refractivity contribution in [2.75, 3.05) is 20.2 Å². The third-order valence-corrected chi connectivity index (χ3v) is 14.4. The predicted molar refractivity (Wildman–Crippen MR) is 276 cm³/mol. The minimum Gasteiger partial charge on any atom is -0.464 e. The van der Waals surface area contributed by atoms with Crippen LogP contribution in [-0.4, -0.2) is 93.5 Å². The van der Waals surface area contributed by atoms with Crippen molar-refractivity contribution in [3.8, 4) is 22.4 Å². The second-order valence-corrected chi connectivity index (χ2v) is 21.2. The second-order valence-electron chi connectivity index (χ2n) is 21.2. The number of aromatic nitrogens is 2. The molecule has 2 fully saturated rings. The number of esters is 1. The number of aryl methyl sites for hydroxylation is 3. The van der Waals surface area contributed by atoms with Gasteiger partial charge < -0.3 is 19.5 Å². The summed E-state index contributed by atoms with van der Waals surface area (Å²) in [6, 6.07) is 25.1. The van der Waals surface area contributed by atoms with E-state index in [1.165, 1.54) is 15.5 Å². The Kier molecular flexibility index (Phi) is 14.9. The van der Waals surface area contributed by atoms with E-state index in [9.17, 15) is 19.2 Å². The number of para-hydroxylation sites is 1. The lowest BCUT2D eigenvalue weighted by Gasteiger charge is -2.39. The lowest BCUT2D eigenvalue weighted by atomic mass is 9.79. The first-order valence-corrected chi connectivity index (χ1v) is 25.2. The average molecular weight is 947 g/mol. The van der Waals surface area contributed by atoms with Crippen molar-refractivity contribution in [2.24, 2.45) is 27.2 Å². The Hall–Kier alpha value is -6.43. The van der Waals surface area contributed by atoms with Gasteiger partial charge in [-0.15, -0.1) is 0 Å². The molecule has 1 saturated heterocycles. The highest BCUT2D eigenvalue weighted by molar-refractivity contribution is 5.96. The maximum absolute atomic E-state index is 14.8. The summed E-state index contributed by atoms with van der Waals surface area (Å²) in [5.41, 5.74) is 14.1. The number of rotatable bonds is 10. The molecule has 2 N–H and O–H groups in total. The molecule has 13 heteroatoms. The van der Waals surface area contributed by atoms with Crippen LogP contribution in [0.3, 0.4) is 0 Å². The zero-order valence-electron chi connectivity index (χ0n) is 42.6. The number of carbonyl (C=O) groups excluding carboxylic acids is 4. The van der Waals surface area contributed by atoms with Gasteiger partial charge in [0, 0.05) is 60.6 Å². The van der Waals surface area contributed by atoms with Crippen molar-refractivity contribution in [1.29, 1.82) is 0 Å². The van der Waals surface area contributed by atoms with Gasteiger partial charge in [0.05, 0.1) is 35.7 Å². The number of carbonyl (C=O) groups is 4. The third-order valence-electron chi connectivity index (χ3n) is 14.4. The number of hydrogen-bond acceptors (Lipinski definition) is 9. The van der Waals surface area contributed by atoms with Gasteiger partial charge in [-0.1, -0.05) is 90.1 Å². The summed E-state index contributed by atoms with van der Waals surface area (Å²) in [7, 11) is 1.67. The minimum absolute atomic E-state index is 0.0874. The van der Waals surface area contributed by atoms with Gasteiger partial charge in [0.2, 0.25) is 11.8 Å². The maximum atomic E-state index is 14.8. The Labute approximate surface area is 413 Å². The molecule has 3 aliphatic rings. The fourth-order valence-corrected chi connectivity index (χ4v) is 10.7. The monoisotopic (exact) mass is 947 g/mol. The number of hydrogen-bond donors (Lipinski definition) is 2. The van der Waals surface area contributed by atoms with Crippen LogP contribution in [0.2, 0.25) is 0 Å². The minimum atomic E-state index is -1.02. The first kappa shape index (κ1) is 50.0. The number of fused-ring (bicyclic) bond motifs is 6. The molecule has 4 heterocycles. The number of aliphatic imine (C=N–C) groups is 2. The molecule has 13 nitrogen and oxygen atoms in total. The molecule has 70 heavy (non-hydrogen) atoms. The van der Waals surface area contributed by atoms with Crippen LogP contribution in [0.25, 0.3) is 33.3 Å². The molecular formula is C57H70N8O5. The van der Waals surface area contributed by atoms with Crippen LogP contribution < -0.4 is 10.7 Å². The number of amides is 3. The summed E-state index contributed by atoms with van der Waals surface area (Å²) in [6.45, 7) is 19.9. The van der Waals surface area contributed by atoms with E-state index in [-0.39, 0.29) is 48.6 Å². The van der Waals surface area contributed by atoms with Crippen LogP contribution in [0.5, 0.6) is 0 Å². The van der Waals surface area contributed by atoms with Crippen molar-refractivity contribution in [1.82, 2.24) is 30.2 Å². The first-order chi connectivity index (χ1) is 33.4. The van der Waals surface area contributed by atoms with Gasteiger partial charge in [-0.25, -0.2) is 10.4 Å². The Morgan fingerprint density at radius 2 is 1.71 bits per heavy atom. The highest BCUT2D eigenvalue weighted by Gasteiger charge is 2.42. The van der Waals surface area contributed by atoms with Crippen LogP contribution in [0, 0.1) is 31.1 Å². The van der Waals surface area contributed by atoms with Crippen LogP contribution in [0.4, 0.5) is 5.69 Å². The van der Waals surface area contributed by atoms with Gasteiger partial charge in [-0.2, -0.15) is 4.99 Å². The Bertz CT molecular complexity index is 2830. The number of cyclic esters (lactones) is 1. The lowest BCUT2D eigenvalue weighted by molar-refractivity contribution is -0.155. The molecule has 368 valence electrons. The fraction of sp³-hybridized carbons (Fsp3) is 0.474. The van der Waals surface area contributed by atoms with E-state index in [2.05, 4.69) is 102 Å². The Morgan fingerprint density at radius 1 is 0.986 bits per heavy atom. The number of nitrogens with one attached hydrogen (secondary N) is 2. The molecular weight excluding hydrogens is 877 g/mol. The highest BCUT2D eigenvalue weighted by atomic mass is 16.5. The van der Waals surface area contributed by atoms with Gasteiger partial charge in [-0.3, -0.25) is 29.2 Å². The van der Waals surface area contributed by atoms with E-state index in [1.54, 1.807) is 7.05 Å². The number of hydrazine groups is 1. The highest BCUT2D eigenvalue weighted by Crippen LogP contribution is 2.42. The number of likely N-dealkylation sites (N-methyl/N-ethyl adjacent to an activating group) is 1. The molecule has 2 aromatic heterocycles. The van der Waals surface area contributed by atoms with Crippen LogP contribution in [-0.2, 0) is 43.3 Å². The van der Waals surface area contributed by atoms with Crippen LogP contribution in [0.1, 0.15) is 108 Å². The van der Waals surface area contributed by atoms with Gasteiger partial charge in [0.25, 0.3) is 5.91 Å². The molecule has 8 rings (SSSR count). The molecule has 2 aliphatic heterocycles. The number of benzene rings is 3. The molecule has 3 aromatic carbocycles. The molecule has 3 amide bonds. The molecule has 1 aliphatic carbocycles. The molecule has 0 spiro atoms. The first-order valence-electron chi connectivity index (χ1n) is 25.2. The SMILES string of the molecule is CCn1c(-c2cccnc2C(C)C)c2c3cc(ccc31)-c1cccc(c1)C[C@H](NC(=O)[C@H](C(C)C)N(C)C(=O)C1CC(N=C=Nc3c(C)cccc3C)C1)C(=O)N1CCC[C@H](N1)C(=O)OCC(C)(C)C2. The number of pyridine rings is 1. The third kappa shape index (κ3) is 10.5. The van der Waals surface area contributed by atoms with Crippen molar-refractivity contribution >= 4 is 46.3 Å². The van der Waals surface area contributed by atoms with E-state index < -0.39 is 35.4 Å². The van der Waals surface area contributed by atoms with Crippen molar-refractivity contribution in [3.63, 3.8) is 0 Å². The molecule has 3 atom stereocenters. The summed E-state index contributed by atoms with van der Waals surface area (Å²) in [5.74, 6) is -1.72. The van der Waals surface area contributed by atoms with Gasteiger partial charge in [0.1, 0.15) is 18.1 Å². The summed E-state index contributed by atoms with van der Waals surface area (Å²) < 4.78 is 8.54. The van der Waals surface area contributed by atoms with E-state index >= 15 is 0 Å². The molecule has 6 bridgehead atoms. The maximum Gasteiger partial charge on any atom is 0.324 e. The van der Waals surface area contributed by atoms with Gasteiger partial charge >= 0.3 is 5.97 Å². The topological polar surface area (TPSA) is 151 Å². The van der Waals surface area contributed by atoms with Crippen LogP contribution in [0.15, 0.2) is 89.0 Å². The zero-order valence-corrected chi connectivity index (χ0v) is 42.6. The van der Waals surface area contributed by atoms with E-state index in [4.69, 9.17) is 9.72 Å². The smallest absolute Gasteiger partial charge is 0.324 e.